The van der Waals surface area contributed by atoms with Crippen LogP contribution < -0.4 is 10.6 Å². The molecule has 0 saturated heterocycles. The van der Waals surface area contributed by atoms with Gasteiger partial charge in [-0.15, -0.1) is 0 Å². The van der Waals surface area contributed by atoms with Crippen LogP contribution in [0.25, 0.3) is 0 Å². The van der Waals surface area contributed by atoms with Gasteiger partial charge >= 0.3 is 0 Å². The first-order chi connectivity index (χ1) is 7.40. The van der Waals surface area contributed by atoms with E-state index in [9.17, 15) is 9.59 Å². The third kappa shape index (κ3) is 3.20. The molecule has 5 heteroatoms. The minimum Gasteiger partial charge on any atom is -0.394 e. The van der Waals surface area contributed by atoms with Crippen LogP contribution in [-0.4, -0.2) is 35.1 Å². The maximum Gasteiger partial charge on any atom is 0.243 e. The summed E-state index contributed by atoms with van der Waals surface area (Å²) in [5, 5.41) is 14.5. The molecule has 0 heterocycles. The summed E-state index contributed by atoms with van der Waals surface area (Å²) in [7, 11) is 0. The van der Waals surface area contributed by atoms with E-state index in [4.69, 9.17) is 5.11 Å². The molecule has 3 N–H and O–H groups in total. The van der Waals surface area contributed by atoms with Crippen molar-refractivity contribution in [3.8, 4) is 0 Å². The largest absolute Gasteiger partial charge is 0.394 e. The van der Waals surface area contributed by atoms with Gasteiger partial charge in [-0.3, -0.25) is 9.59 Å². The van der Waals surface area contributed by atoms with Crippen LogP contribution in [0.5, 0.6) is 0 Å². The molecule has 1 rings (SSSR count). The zero-order valence-electron chi connectivity index (χ0n) is 10.0. The summed E-state index contributed by atoms with van der Waals surface area (Å²) in [6.45, 7) is 5.10. The summed E-state index contributed by atoms with van der Waals surface area (Å²) in [6.07, 6.45) is 1.61. The molecule has 0 aliphatic heterocycles. The number of rotatable bonds is 5. The van der Waals surface area contributed by atoms with Crippen molar-refractivity contribution in [3.63, 3.8) is 0 Å². The predicted octanol–water partition coefficient (Wildman–Crippen LogP) is -0.212. The van der Waals surface area contributed by atoms with Gasteiger partial charge in [0.2, 0.25) is 11.8 Å². The molecule has 1 unspecified atom stereocenters. The van der Waals surface area contributed by atoms with Crippen LogP contribution in [0.3, 0.4) is 0 Å². The molecule has 0 bridgehead atoms. The molecule has 1 aliphatic rings. The second-order valence-corrected chi connectivity index (χ2v) is 4.85. The molecule has 1 atom stereocenters. The second-order valence-electron chi connectivity index (χ2n) is 4.85. The van der Waals surface area contributed by atoms with E-state index >= 15 is 0 Å². The third-order valence-corrected chi connectivity index (χ3v) is 2.85. The Kier molecular flexibility index (Phi) is 3.91. The van der Waals surface area contributed by atoms with Crippen molar-refractivity contribution in [3.05, 3.63) is 0 Å². The average molecular weight is 228 g/mol. The minimum atomic E-state index is -0.526. The Bertz CT molecular complexity index is 285. The van der Waals surface area contributed by atoms with Crippen LogP contribution in [0, 0.1) is 5.92 Å². The first-order valence-corrected chi connectivity index (χ1v) is 5.60. The van der Waals surface area contributed by atoms with E-state index < -0.39 is 11.6 Å². The van der Waals surface area contributed by atoms with Crippen molar-refractivity contribution >= 4 is 11.8 Å². The van der Waals surface area contributed by atoms with E-state index in [1.54, 1.807) is 0 Å². The highest BCUT2D eigenvalue weighted by atomic mass is 16.3. The van der Waals surface area contributed by atoms with Gasteiger partial charge in [0.25, 0.3) is 0 Å². The lowest BCUT2D eigenvalue weighted by Gasteiger charge is -2.24. The van der Waals surface area contributed by atoms with E-state index in [-0.39, 0.29) is 24.3 Å². The molecule has 0 radical (unpaired) electrons. The molecule has 0 spiro atoms. The fraction of sp³-hybridized carbons (Fsp3) is 0.818. The van der Waals surface area contributed by atoms with Crippen molar-refractivity contribution in [1.29, 1.82) is 0 Å². The van der Waals surface area contributed by atoms with Gasteiger partial charge in [-0.2, -0.15) is 0 Å². The molecule has 1 fully saturated rings. The number of nitrogens with one attached hydrogen (secondary N) is 2. The molecular weight excluding hydrogens is 208 g/mol. The molecule has 1 saturated carbocycles. The van der Waals surface area contributed by atoms with Crippen LogP contribution in [0.4, 0.5) is 0 Å². The molecule has 2 amide bonds. The summed E-state index contributed by atoms with van der Waals surface area (Å²) in [4.78, 5) is 22.9. The highest BCUT2D eigenvalue weighted by Crippen LogP contribution is 2.34. The Morgan fingerprint density at radius 2 is 1.94 bits per heavy atom. The maximum atomic E-state index is 11.9. The topological polar surface area (TPSA) is 78.4 Å². The number of hydrogen-bond donors (Lipinski definition) is 3. The summed E-state index contributed by atoms with van der Waals surface area (Å²) >= 11 is 0. The second kappa shape index (κ2) is 4.82. The van der Waals surface area contributed by atoms with Crippen LogP contribution in [0.1, 0.15) is 33.6 Å². The Labute approximate surface area is 95.6 Å². The SMILES string of the molecule is CC(=O)NC(C(=O)NC1(CO)CC1)C(C)C. The number of hydrogen-bond acceptors (Lipinski definition) is 3. The van der Waals surface area contributed by atoms with Gasteiger partial charge in [-0.25, -0.2) is 0 Å². The lowest BCUT2D eigenvalue weighted by molar-refractivity contribution is -0.130. The number of carbonyl (C=O) groups is 2. The highest BCUT2D eigenvalue weighted by molar-refractivity contribution is 5.87. The third-order valence-electron chi connectivity index (χ3n) is 2.85. The summed E-state index contributed by atoms with van der Waals surface area (Å²) < 4.78 is 0. The van der Waals surface area contributed by atoms with Gasteiger partial charge in [0, 0.05) is 6.92 Å². The Hall–Kier alpha value is -1.10. The smallest absolute Gasteiger partial charge is 0.243 e. The molecule has 0 aromatic heterocycles. The number of aliphatic hydroxyl groups excluding tert-OH is 1. The quantitative estimate of drug-likeness (QED) is 0.609. The zero-order valence-corrected chi connectivity index (χ0v) is 10.0. The van der Waals surface area contributed by atoms with Crippen LogP contribution >= 0.6 is 0 Å². The van der Waals surface area contributed by atoms with Gasteiger partial charge in [-0.05, 0) is 18.8 Å². The fourth-order valence-electron chi connectivity index (χ4n) is 1.57. The molecule has 1 aliphatic carbocycles. The van der Waals surface area contributed by atoms with Gasteiger partial charge in [0.15, 0.2) is 0 Å². The lowest BCUT2D eigenvalue weighted by Crippen LogP contribution is -2.53. The minimum absolute atomic E-state index is 0.0263. The Morgan fingerprint density at radius 3 is 2.25 bits per heavy atom. The molecule has 16 heavy (non-hydrogen) atoms. The van der Waals surface area contributed by atoms with Gasteiger partial charge in [-0.1, -0.05) is 13.8 Å². The number of aliphatic hydroxyl groups is 1. The van der Waals surface area contributed by atoms with Gasteiger partial charge < -0.3 is 15.7 Å². The summed E-state index contributed by atoms with van der Waals surface area (Å²) in [5.41, 5.74) is -0.428. The van der Waals surface area contributed by atoms with Crippen LogP contribution in [0.15, 0.2) is 0 Å². The fourth-order valence-corrected chi connectivity index (χ4v) is 1.57. The number of carbonyl (C=O) groups excluding carboxylic acids is 2. The number of amides is 2. The Balaban J connectivity index is 2.57. The zero-order chi connectivity index (χ0) is 12.3. The Morgan fingerprint density at radius 1 is 1.38 bits per heavy atom. The molecule has 0 aromatic rings. The van der Waals surface area contributed by atoms with Crippen LogP contribution in [0.2, 0.25) is 0 Å². The normalized spacial score (nSPS) is 19.1. The standard InChI is InChI=1S/C11H20N2O3/c1-7(2)9(12-8(3)15)10(16)13-11(6-14)4-5-11/h7,9,14H,4-6H2,1-3H3,(H,12,15)(H,13,16). The van der Waals surface area contributed by atoms with E-state index in [2.05, 4.69) is 10.6 Å². The van der Waals surface area contributed by atoms with Gasteiger partial charge in [0.1, 0.15) is 6.04 Å². The molecule has 92 valence electrons. The summed E-state index contributed by atoms with van der Waals surface area (Å²) in [5.74, 6) is -0.405. The van der Waals surface area contributed by atoms with E-state index in [0.29, 0.717) is 0 Å². The van der Waals surface area contributed by atoms with E-state index in [1.807, 2.05) is 13.8 Å². The average Bonchev–Trinajstić information content (AvgIpc) is 2.94. The first kappa shape index (κ1) is 13.0. The maximum absolute atomic E-state index is 11.9. The van der Waals surface area contributed by atoms with Crippen molar-refractivity contribution in [2.75, 3.05) is 6.61 Å². The van der Waals surface area contributed by atoms with E-state index in [0.717, 1.165) is 12.8 Å². The van der Waals surface area contributed by atoms with Crippen molar-refractivity contribution in [2.45, 2.75) is 45.2 Å². The van der Waals surface area contributed by atoms with Crippen molar-refractivity contribution in [1.82, 2.24) is 10.6 Å². The molecule has 0 aromatic carbocycles. The summed E-state index contributed by atoms with van der Waals surface area (Å²) in [6, 6.07) is -0.526. The molecular formula is C11H20N2O3. The van der Waals surface area contributed by atoms with Gasteiger partial charge in [0.05, 0.1) is 12.1 Å². The monoisotopic (exact) mass is 228 g/mol. The predicted molar refractivity (Wildman–Crippen MR) is 59.6 cm³/mol. The molecule has 5 nitrogen and oxygen atoms in total. The lowest BCUT2D eigenvalue weighted by atomic mass is 10.0. The highest BCUT2D eigenvalue weighted by Gasteiger charge is 2.44. The van der Waals surface area contributed by atoms with E-state index in [1.165, 1.54) is 6.92 Å². The first-order valence-electron chi connectivity index (χ1n) is 5.60. The van der Waals surface area contributed by atoms with Crippen LogP contribution in [-0.2, 0) is 9.59 Å². The van der Waals surface area contributed by atoms with Crippen molar-refractivity contribution < 1.29 is 14.7 Å². The van der Waals surface area contributed by atoms with Crippen molar-refractivity contribution in [2.24, 2.45) is 5.92 Å².